The summed E-state index contributed by atoms with van der Waals surface area (Å²) in [6, 6.07) is 9.51. The van der Waals surface area contributed by atoms with E-state index in [1.54, 1.807) is 0 Å². The van der Waals surface area contributed by atoms with Crippen molar-refractivity contribution in [3.8, 4) is 5.75 Å². The van der Waals surface area contributed by atoms with Crippen LogP contribution in [-0.4, -0.2) is 80.2 Å². The number of rotatable bonds is 6. The van der Waals surface area contributed by atoms with Crippen molar-refractivity contribution >= 4 is 43.6 Å². The molecule has 5 rings (SSSR count). The Hall–Kier alpha value is -3.02. The number of benzene rings is 2. The number of carbonyl (C=O) groups is 2. The summed E-state index contributed by atoms with van der Waals surface area (Å²) in [5.74, 6) is -0.414. The summed E-state index contributed by atoms with van der Waals surface area (Å²) < 4.78 is 36.2. The van der Waals surface area contributed by atoms with E-state index >= 15 is 0 Å². The smallest absolute Gasteiger partial charge is 0.235 e. The van der Waals surface area contributed by atoms with Crippen LogP contribution in [0.25, 0.3) is 21.7 Å². The Kier molecular flexibility index (Phi) is 6.00. The molecule has 2 amide bonds. The molecule has 0 bridgehead atoms. The minimum Gasteiger partial charge on any atom is -0.492 e. The molecular weight excluding hydrogens is 460 g/mol. The third-order valence-corrected chi connectivity index (χ3v) is 7.80. The lowest BCUT2D eigenvalue weighted by Crippen LogP contribution is -2.49. The SMILES string of the molecule is CS(=O)(=O)N1CCN(CCOc2ccc3c(ccc4onc(C5CCC(=O)NC5=O)c43)c2)CC1. The fourth-order valence-corrected chi connectivity index (χ4v) is 5.46. The Labute approximate surface area is 196 Å². The molecule has 180 valence electrons. The van der Waals surface area contributed by atoms with Crippen LogP contribution in [0.5, 0.6) is 5.75 Å². The van der Waals surface area contributed by atoms with Crippen molar-refractivity contribution in [3.63, 3.8) is 0 Å². The molecule has 1 unspecified atom stereocenters. The number of hydrogen-bond donors (Lipinski definition) is 1. The van der Waals surface area contributed by atoms with Gasteiger partial charge in [0, 0.05) is 39.1 Å². The normalized spacial score (nSPS) is 20.7. The molecule has 2 aliphatic heterocycles. The Bertz CT molecular complexity index is 1360. The number of ether oxygens (including phenoxy) is 1. The predicted molar refractivity (Wildman–Crippen MR) is 125 cm³/mol. The minimum absolute atomic E-state index is 0.266. The van der Waals surface area contributed by atoms with Gasteiger partial charge in [0.1, 0.15) is 18.1 Å². The van der Waals surface area contributed by atoms with Crippen LogP contribution < -0.4 is 10.1 Å². The zero-order chi connectivity index (χ0) is 23.9. The number of nitrogens with one attached hydrogen (secondary N) is 1. The first-order chi connectivity index (χ1) is 16.3. The molecule has 2 aromatic carbocycles. The van der Waals surface area contributed by atoms with E-state index in [1.807, 2.05) is 30.3 Å². The zero-order valence-corrected chi connectivity index (χ0v) is 19.6. The van der Waals surface area contributed by atoms with Crippen LogP contribution in [0, 0.1) is 0 Å². The first-order valence-electron chi connectivity index (χ1n) is 11.3. The molecule has 1 aromatic heterocycles. The second-order valence-corrected chi connectivity index (χ2v) is 10.7. The maximum absolute atomic E-state index is 12.4. The highest BCUT2D eigenvalue weighted by Gasteiger charge is 2.32. The number of piperidine rings is 1. The van der Waals surface area contributed by atoms with Crippen LogP contribution in [0.3, 0.4) is 0 Å². The van der Waals surface area contributed by atoms with E-state index in [2.05, 4.69) is 15.4 Å². The monoisotopic (exact) mass is 486 g/mol. The highest BCUT2D eigenvalue weighted by molar-refractivity contribution is 7.88. The number of imide groups is 1. The van der Waals surface area contributed by atoms with Gasteiger partial charge in [0.05, 0.1) is 17.6 Å². The molecule has 1 atom stereocenters. The molecule has 2 fully saturated rings. The highest BCUT2D eigenvalue weighted by atomic mass is 32.2. The van der Waals surface area contributed by atoms with Gasteiger partial charge in [0.15, 0.2) is 5.58 Å². The lowest BCUT2D eigenvalue weighted by Gasteiger charge is -2.33. The largest absolute Gasteiger partial charge is 0.492 e. The molecule has 1 N–H and O–H groups in total. The standard InChI is InChI=1S/C23H26N4O6S/c1-34(30,31)27-10-8-26(9-11-27)12-13-32-16-3-4-17-15(14-16)2-6-19-21(17)22(25-33-19)18-5-7-20(28)24-23(18)29/h2-4,6,14,18H,5,7-13H2,1H3,(H,24,28,29). The number of carbonyl (C=O) groups excluding carboxylic acids is 2. The summed E-state index contributed by atoms with van der Waals surface area (Å²) in [5.41, 5.74) is 1.14. The van der Waals surface area contributed by atoms with Crippen LogP contribution in [0.4, 0.5) is 0 Å². The number of aromatic nitrogens is 1. The summed E-state index contributed by atoms with van der Waals surface area (Å²) in [6.45, 7) is 3.56. The van der Waals surface area contributed by atoms with Crippen molar-refractivity contribution in [2.24, 2.45) is 0 Å². The van der Waals surface area contributed by atoms with E-state index in [1.165, 1.54) is 10.6 Å². The van der Waals surface area contributed by atoms with E-state index in [4.69, 9.17) is 9.26 Å². The lowest BCUT2D eigenvalue weighted by atomic mass is 9.91. The van der Waals surface area contributed by atoms with Crippen molar-refractivity contribution in [1.29, 1.82) is 0 Å². The van der Waals surface area contributed by atoms with E-state index in [0.29, 0.717) is 57.0 Å². The Morgan fingerprint density at radius 3 is 2.68 bits per heavy atom. The molecule has 0 saturated carbocycles. The molecular formula is C23H26N4O6S. The second kappa shape index (κ2) is 8.97. The van der Waals surface area contributed by atoms with E-state index in [-0.39, 0.29) is 18.2 Å². The number of amides is 2. The summed E-state index contributed by atoms with van der Waals surface area (Å²) in [7, 11) is -3.13. The van der Waals surface area contributed by atoms with Gasteiger partial charge in [0.25, 0.3) is 0 Å². The summed E-state index contributed by atoms with van der Waals surface area (Å²) in [5, 5.41) is 9.17. The molecule has 2 saturated heterocycles. The molecule has 0 radical (unpaired) electrons. The highest BCUT2D eigenvalue weighted by Crippen LogP contribution is 2.36. The molecule has 10 nitrogen and oxygen atoms in total. The molecule has 11 heteroatoms. The average molecular weight is 487 g/mol. The van der Waals surface area contributed by atoms with Gasteiger partial charge in [-0.25, -0.2) is 8.42 Å². The number of fused-ring (bicyclic) bond motifs is 3. The van der Waals surface area contributed by atoms with Crippen molar-refractivity contribution in [2.75, 3.05) is 45.6 Å². The first-order valence-corrected chi connectivity index (χ1v) is 13.1. The number of nitrogens with zero attached hydrogens (tertiary/aromatic N) is 3. The van der Waals surface area contributed by atoms with Gasteiger partial charge in [-0.1, -0.05) is 11.2 Å². The van der Waals surface area contributed by atoms with Gasteiger partial charge in [-0.15, -0.1) is 0 Å². The molecule has 2 aliphatic rings. The Morgan fingerprint density at radius 2 is 1.94 bits per heavy atom. The van der Waals surface area contributed by atoms with Gasteiger partial charge in [-0.2, -0.15) is 4.31 Å². The van der Waals surface area contributed by atoms with Crippen LogP contribution in [-0.2, 0) is 19.6 Å². The van der Waals surface area contributed by atoms with Crippen LogP contribution >= 0.6 is 0 Å². The average Bonchev–Trinajstić information content (AvgIpc) is 3.23. The topological polar surface area (TPSA) is 122 Å². The first kappa shape index (κ1) is 22.8. The van der Waals surface area contributed by atoms with Crippen LogP contribution in [0.2, 0.25) is 0 Å². The van der Waals surface area contributed by atoms with E-state index < -0.39 is 15.9 Å². The van der Waals surface area contributed by atoms with E-state index in [0.717, 1.165) is 21.9 Å². The van der Waals surface area contributed by atoms with Gasteiger partial charge >= 0.3 is 0 Å². The fraction of sp³-hybridized carbons (Fsp3) is 0.435. The Morgan fingerprint density at radius 1 is 1.15 bits per heavy atom. The number of sulfonamides is 1. The minimum atomic E-state index is -3.13. The van der Waals surface area contributed by atoms with Crippen molar-refractivity contribution in [3.05, 3.63) is 36.0 Å². The molecule has 3 aromatic rings. The maximum Gasteiger partial charge on any atom is 0.235 e. The van der Waals surface area contributed by atoms with Crippen LogP contribution in [0.15, 0.2) is 34.9 Å². The lowest BCUT2D eigenvalue weighted by molar-refractivity contribution is -0.134. The predicted octanol–water partition coefficient (Wildman–Crippen LogP) is 1.46. The third-order valence-electron chi connectivity index (χ3n) is 6.50. The zero-order valence-electron chi connectivity index (χ0n) is 18.8. The quantitative estimate of drug-likeness (QED) is 0.520. The third kappa shape index (κ3) is 4.50. The number of hydrogen-bond acceptors (Lipinski definition) is 8. The van der Waals surface area contributed by atoms with Gasteiger partial charge in [0.2, 0.25) is 21.8 Å². The van der Waals surface area contributed by atoms with Crippen molar-refractivity contribution in [2.45, 2.75) is 18.8 Å². The molecule has 34 heavy (non-hydrogen) atoms. The molecule has 0 aliphatic carbocycles. The van der Waals surface area contributed by atoms with Gasteiger partial charge < -0.3 is 9.26 Å². The maximum atomic E-state index is 12.4. The van der Waals surface area contributed by atoms with Crippen LogP contribution in [0.1, 0.15) is 24.5 Å². The summed E-state index contributed by atoms with van der Waals surface area (Å²) >= 11 is 0. The van der Waals surface area contributed by atoms with Crippen molar-refractivity contribution < 1.29 is 27.3 Å². The molecule has 3 heterocycles. The number of piperazine rings is 1. The van der Waals surface area contributed by atoms with Crippen molar-refractivity contribution in [1.82, 2.24) is 19.7 Å². The van der Waals surface area contributed by atoms with E-state index in [9.17, 15) is 18.0 Å². The summed E-state index contributed by atoms with van der Waals surface area (Å²) in [6.07, 6.45) is 1.92. The Balaban J connectivity index is 1.28. The molecule has 0 spiro atoms. The van der Waals surface area contributed by atoms with Gasteiger partial charge in [-0.05, 0) is 41.5 Å². The fourth-order valence-electron chi connectivity index (χ4n) is 4.63. The van der Waals surface area contributed by atoms with Gasteiger partial charge in [-0.3, -0.25) is 19.8 Å². The second-order valence-electron chi connectivity index (χ2n) is 8.75. The summed E-state index contributed by atoms with van der Waals surface area (Å²) in [4.78, 5) is 26.1.